The summed E-state index contributed by atoms with van der Waals surface area (Å²) in [4.78, 5) is 12.6. The van der Waals surface area contributed by atoms with Gasteiger partial charge in [-0.1, -0.05) is 65.9 Å². The Kier molecular flexibility index (Phi) is 8.41. The maximum absolute atomic E-state index is 12.6. The summed E-state index contributed by atoms with van der Waals surface area (Å²) in [6.45, 7) is 2.82. The fraction of sp³-hybridized carbons (Fsp3) is 0.143. The molecular formula is C28H24N4O3S. The first-order valence-corrected chi connectivity index (χ1v) is 12.1. The number of carbonyl (C=O) groups excluding carboxylic acids is 1. The van der Waals surface area contributed by atoms with Gasteiger partial charge in [-0.2, -0.15) is 5.26 Å². The fourth-order valence-electron chi connectivity index (χ4n) is 3.31. The molecule has 3 aromatic carbocycles. The summed E-state index contributed by atoms with van der Waals surface area (Å²) in [5, 5.41) is 21.4. The zero-order valence-corrected chi connectivity index (χ0v) is 20.5. The van der Waals surface area contributed by atoms with E-state index in [1.807, 2.05) is 67.6 Å². The Morgan fingerprint density at radius 2 is 1.72 bits per heavy atom. The van der Waals surface area contributed by atoms with Gasteiger partial charge in [0.15, 0.2) is 0 Å². The lowest BCUT2D eigenvalue weighted by Crippen LogP contribution is -2.13. The molecule has 1 aromatic heterocycles. The molecule has 0 fully saturated rings. The van der Waals surface area contributed by atoms with E-state index in [1.165, 1.54) is 17.4 Å². The van der Waals surface area contributed by atoms with Crippen LogP contribution in [0.5, 0.6) is 11.5 Å². The van der Waals surface area contributed by atoms with Crippen molar-refractivity contribution < 1.29 is 14.3 Å². The smallest absolute Gasteiger partial charge is 0.268 e. The van der Waals surface area contributed by atoms with Crippen molar-refractivity contribution in [2.24, 2.45) is 0 Å². The average molecular weight is 497 g/mol. The van der Waals surface area contributed by atoms with E-state index in [4.69, 9.17) is 9.47 Å². The lowest BCUT2D eigenvalue weighted by atomic mass is 10.1. The number of rotatable bonds is 10. The van der Waals surface area contributed by atoms with Crippen LogP contribution in [0.1, 0.15) is 21.7 Å². The van der Waals surface area contributed by atoms with Crippen molar-refractivity contribution >= 4 is 28.5 Å². The van der Waals surface area contributed by atoms with Crippen molar-refractivity contribution in [3.8, 4) is 17.6 Å². The molecule has 4 aromatic rings. The van der Waals surface area contributed by atoms with Crippen molar-refractivity contribution in [3.05, 3.63) is 106 Å². The Hall–Kier alpha value is -4.48. The van der Waals surface area contributed by atoms with E-state index in [2.05, 4.69) is 15.5 Å². The number of nitriles is 1. The molecule has 0 spiro atoms. The lowest BCUT2D eigenvalue weighted by Gasteiger charge is -2.09. The number of anilines is 1. The zero-order valence-electron chi connectivity index (χ0n) is 19.7. The number of amides is 1. The van der Waals surface area contributed by atoms with Crippen LogP contribution in [0, 0.1) is 18.3 Å². The van der Waals surface area contributed by atoms with Crippen LogP contribution in [0.4, 0.5) is 5.13 Å². The maximum Gasteiger partial charge on any atom is 0.268 e. The molecule has 1 N–H and O–H groups in total. The number of ether oxygens (including phenoxy) is 2. The molecule has 0 aliphatic carbocycles. The summed E-state index contributed by atoms with van der Waals surface area (Å²) in [5.74, 6) is 0.943. The summed E-state index contributed by atoms with van der Waals surface area (Å²) in [5.41, 5.74) is 2.91. The first kappa shape index (κ1) is 24.6. The Morgan fingerprint density at radius 1 is 0.972 bits per heavy atom. The topological polar surface area (TPSA) is 97.1 Å². The van der Waals surface area contributed by atoms with Crippen molar-refractivity contribution in [2.75, 3.05) is 18.5 Å². The first-order chi connectivity index (χ1) is 17.6. The van der Waals surface area contributed by atoms with Crippen molar-refractivity contribution in [1.29, 1.82) is 5.26 Å². The molecule has 7 nitrogen and oxygen atoms in total. The van der Waals surface area contributed by atoms with Crippen LogP contribution in [0.3, 0.4) is 0 Å². The van der Waals surface area contributed by atoms with Crippen LogP contribution >= 0.6 is 11.3 Å². The molecule has 0 aliphatic heterocycles. The lowest BCUT2D eigenvalue weighted by molar-refractivity contribution is -0.112. The number of aryl methyl sites for hydroxylation is 1. The van der Waals surface area contributed by atoms with Crippen LogP contribution in [-0.4, -0.2) is 29.3 Å². The molecule has 1 amide bonds. The molecule has 4 rings (SSSR count). The van der Waals surface area contributed by atoms with Gasteiger partial charge in [0.25, 0.3) is 5.91 Å². The van der Waals surface area contributed by atoms with Gasteiger partial charge in [0.2, 0.25) is 5.13 Å². The quantitative estimate of drug-likeness (QED) is 0.178. The number of hydrogen-bond acceptors (Lipinski definition) is 7. The SMILES string of the molecule is Cc1cccc(OCCOc2ccc(/C=C(/C#N)C(=O)Nc3nnc(Cc4ccccc4)s3)cc2)c1. The molecule has 0 saturated carbocycles. The number of nitrogens with zero attached hydrogens (tertiary/aromatic N) is 3. The first-order valence-electron chi connectivity index (χ1n) is 11.3. The molecule has 0 atom stereocenters. The highest BCUT2D eigenvalue weighted by Crippen LogP contribution is 2.20. The van der Waals surface area contributed by atoms with Crippen LogP contribution in [0.2, 0.25) is 0 Å². The minimum absolute atomic E-state index is 0.0324. The highest BCUT2D eigenvalue weighted by molar-refractivity contribution is 7.15. The van der Waals surface area contributed by atoms with Gasteiger partial charge in [-0.15, -0.1) is 10.2 Å². The number of aromatic nitrogens is 2. The molecule has 0 bridgehead atoms. The van der Waals surface area contributed by atoms with Crippen LogP contribution in [-0.2, 0) is 11.2 Å². The molecule has 36 heavy (non-hydrogen) atoms. The normalized spacial score (nSPS) is 10.9. The number of hydrogen-bond donors (Lipinski definition) is 1. The van der Waals surface area contributed by atoms with Crippen LogP contribution in [0.25, 0.3) is 6.08 Å². The zero-order chi connectivity index (χ0) is 25.2. The van der Waals surface area contributed by atoms with E-state index in [0.717, 1.165) is 21.9 Å². The highest BCUT2D eigenvalue weighted by Gasteiger charge is 2.13. The van der Waals surface area contributed by atoms with Crippen molar-refractivity contribution in [1.82, 2.24) is 10.2 Å². The number of carbonyl (C=O) groups is 1. The highest BCUT2D eigenvalue weighted by atomic mass is 32.1. The molecule has 1 heterocycles. The summed E-state index contributed by atoms with van der Waals surface area (Å²) < 4.78 is 11.4. The van der Waals surface area contributed by atoms with E-state index in [0.29, 0.717) is 36.1 Å². The summed E-state index contributed by atoms with van der Waals surface area (Å²) in [7, 11) is 0. The minimum atomic E-state index is -0.534. The fourth-order valence-corrected chi connectivity index (χ4v) is 4.08. The Bertz CT molecular complexity index is 1380. The van der Waals surface area contributed by atoms with Crippen LogP contribution in [0.15, 0.2) is 84.4 Å². The molecule has 0 unspecified atom stereocenters. The predicted molar refractivity (Wildman–Crippen MR) is 140 cm³/mol. The van der Waals surface area contributed by atoms with Crippen molar-refractivity contribution in [2.45, 2.75) is 13.3 Å². The van der Waals surface area contributed by atoms with E-state index < -0.39 is 5.91 Å². The average Bonchev–Trinajstić information content (AvgIpc) is 3.33. The van der Waals surface area contributed by atoms with Gasteiger partial charge in [0.1, 0.15) is 41.4 Å². The van der Waals surface area contributed by atoms with Gasteiger partial charge in [-0.25, -0.2) is 0 Å². The third kappa shape index (κ3) is 7.26. The third-order valence-corrected chi connectivity index (χ3v) is 5.89. The van der Waals surface area contributed by atoms with Gasteiger partial charge in [0.05, 0.1) is 0 Å². The van der Waals surface area contributed by atoms with Gasteiger partial charge < -0.3 is 9.47 Å². The monoisotopic (exact) mass is 496 g/mol. The number of benzene rings is 3. The second-order valence-electron chi connectivity index (χ2n) is 7.87. The van der Waals surface area contributed by atoms with Crippen LogP contribution < -0.4 is 14.8 Å². The van der Waals surface area contributed by atoms with E-state index in [-0.39, 0.29) is 5.57 Å². The van der Waals surface area contributed by atoms with E-state index >= 15 is 0 Å². The van der Waals surface area contributed by atoms with E-state index in [9.17, 15) is 10.1 Å². The Labute approximate surface area is 213 Å². The molecule has 180 valence electrons. The molecule has 0 saturated heterocycles. The Balaban J connectivity index is 1.28. The summed E-state index contributed by atoms with van der Waals surface area (Å²) in [6.07, 6.45) is 2.15. The largest absolute Gasteiger partial charge is 0.490 e. The molecular weight excluding hydrogens is 472 g/mol. The second-order valence-corrected chi connectivity index (χ2v) is 8.93. The Morgan fingerprint density at radius 3 is 2.44 bits per heavy atom. The van der Waals surface area contributed by atoms with Gasteiger partial charge >= 0.3 is 0 Å². The second kappa shape index (κ2) is 12.3. The van der Waals surface area contributed by atoms with Gasteiger partial charge in [-0.05, 0) is 54.0 Å². The van der Waals surface area contributed by atoms with Gasteiger partial charge in [0, 0.05) is 6.42 Å². The van der Waals surface area contributed by atoms with Gasteiger partial charge in [-0.3, -0.25) is 10.1 Å². The van der Waals surface area contributed by atoms with E-state index in [1.54, 1.807) is 24.3 Å². The molecule has 0 radical (unpaired) electrons. The minimum Gasteiger partial charge on any atom is -0.490 e. The maximum atomic E-state index is 12.6. The third-order valence-electron chi connectivity index (χ3n) is 5.05. The predicted octanol–water partition coefficient (Wildman–Crippen LogP) is 5.44. The molecule has 0 aliphatic rings. The summed E-state index contributed by atoms with van der Waals surface area (Å²) >= 11 is 1.28. The number of nitrogens with one attached hydrogen (secondary N) is 1. The summed E-state index contributed by atoms with van der Waals surface area (Å²) in [6, 6.07) is 26.8. The van der Waals surface area contributed by atoms with Crippen molar-refractivity contribution in [3.63, 3.8) is 0 Å². The standard InChI is InChI=1S/C28H24N4O3S/c1-20-6-5-9-25(16-20)35-15-14-34-24-12-10-22(11-13-24)17-23(19-29)27(33)30-28-32-31-26(36-28)18-21-7-3-2-4-8-21/h2-13,16-17H,14-15,18H2,1H3,(H,30,32,33)/b23-17-. The molecule has 8 heteroatoms.